The Labute approximate surface area is 168 Å². The van der Waals surface area contributed by atoms with Gasteiger partial charge in [-0.1, -0.05) is 37.1 Å². The summed E-state index contributed by atoms with van der Waals surface area (Å²) >= 11 is 0. The molecule has 0 aliphatic heterocycles. The lowest BCUT2D eigenvalue weighted by Crippen LogP contribution is -2.45. The van der Waals surface area contributed by atoms with E-state index in [0.717, 1.165) is 58.9 Å². The van der Waals surface area contributed by atoms with Crippen molar-refractivity contribution in [3.8, 4) is 11.4 Å². The van der Waals surface area contributed by atoms with Gasteiger partial charge in [-0.05, 0) is 43.2 Å². The lowest BCUT2D eigenvalue weighted by molar-refractivity contribution is 0.0717. The third kappa shape index (κ3) is 3.36. The van der Waals surface area contributed by atoms with Crippen LogP contribution in [0.2, 0.25) is 0 Å². The number of hydrogen-bond donors (Lipinski definition) is 3. The fourth-order valence-corrected chi connectivity index (χ4v) is 4.08. The van der Waals surface area contributed by atoms with E-state index in [1.807, 2.05) is 48.5 Å². The van der Waals surface area contributed by atoms with Crippen molar-refractivity contribution in [2.75, 3.05) is 0 Å². The van der Waals surface area contributed by atoms with Crippen LogP contribution < -0.4 is 5.32 Å². The second-order valence-corrected chi connectivity index (χ2v) is 7.65. The average Bonchev–Trinajstić information content (AvgIpc) is 3.18. The molecule has 1 fully saturated rings. The van der Waals surface area contributed by atoms with Crippen LogP contribution >= 0.6 is 0 Å². The number of carbonyl (C=O) groups is 1. The average molecular weight is 386 g/mol. The van der Waals surface area contributed by atoms with Gasteiger partial charge in [0.25, 0.3) is 5.91 Å². The maximum Gasteiger partial charge on any atom is 0.251 e. The normalized spacial score (nSPS) is 19.5. The number of nitrogens with zero attached hydrogens (tertiary/aromatic N) is 2. The number of aromatic nitrogens is 3. The van der Waals surface area contributed by atoms with Crippen LogP contribution in [0.4, 0.5) is 0 Å². The first kappa shape index (κ1) is 17.8. The van der Waals surface area contributed by atoms with Crippen molar-refractivity contribution >= 4 is 27.7 Å². The first-order valence-corrected chi connectivity index (χ1v) is 10.0. The van der Waals surface area contributed by atoms with E-state index in [2.05, 4.69) is 15.5 Å². The van der Waals surface area contributed by atoms with E-state index in [1.165, 1.54) is 0 Å². The summed E-state index contributed by atoms with van der Waals surface area (Å²) in [6.07, 6.45) is 3.12. The molecule has 0 bridgehead atoms. The summed E-state index contributed by atoms with van der Waals surface area (Å²) < 4.78 is 0. The number of aromatic amines is 1. The van der Waals surface area contributed by atoms with Crippen LogP contribution in [-0.4, -0.2) is 38.3 Å². The summed E-state index contributed by atoms with van der Waals surface area (Å²) in [6.45, 7) is 0. The van der Waals surface area contributed by atoms with Gasteiger partial charge < -0.3 is 10.4 Å². The molecule has 3 N–H and O–H groups in total. The Hall–Kier alpha value is -3.25. The number of rotatable bonds is 3. The zero-order valence-corrected chi connectivity index (χ0v) is 15.9. The quantitative estimate of drug-likeness (QED) is 0.499. The molecule has 0 spiro atoms. The molecule has 2 aromatic heterocycles. The molecular weight excluding hydrogens is 364 g/mol. The minimum Gasteiger partial charge on any atom is -0.391 e. The van der Waals surface area contributed by atoms with Gasteiger partial charge in [-0.2, -0.15) is 5.10 Å². The molecule has 0 unspecified atom stereocenters. The summed E-state index contributed by atoms with van der Waals surface area (Å²) in [7, 11) is 0. The number of aliphatic hydroxyl groups is 1. The highest BCUT2D eigenvalue weighted by molar-refractivity contribution is 6.01. The monoisotopic (exact) mass is 386 g/mol. The van der Waals surface area contributed by atoms with Gasteiger partial charge in [-0.25, -0.2) is 4.98 Å². The van der Waals surface area contributed by atoms with Gasteiger partial charge in [0.05, 0.1) is 28.9 Å². The molecule has 1 amide bonds. The summed E-state index contributed by atoms with van der Waals surface area (Å²) in [6, 6.07) is 17.2. The smallest absolute Gasteiger partial charge is 0.251 e. The van der Waals surface area contributed by atoms with E-state index >= 15 is 0 Å². The molecule has 1 aliphatic carbocycles. The largest absolute Gasteiger partial charge is 0.391 e. The van der Waals surface area contributed by atoms with Gasteiger partial charge in [0.2, 0.25) is 0 Å². The number of hydrogen-bond acceptors (Lipinski definition) is 4. The molecule has 5 rings (SSSR count). The van der Waals surface area contributed by atoms with E-state index < -0.39 is 6.10 Å². The van der Waals surface area contributed by atoms with Gasteiger partial charge in [0, 0.05) is 16.3 Å². The van der Waals surface area contributed by atoms with Crippen LogP contribution in [-0.2, 0) is 0 Å². The van der Waals surface area contributed by atoms with Crippen LogP contribution in [0.15, 0.2) is 54.6 Å². The lowest BCUT2D eigenvalue weighted by atomic mass is 9.92. The number of nitrogens with one attached hydrogen (secondary N) is 2. The van der Waals surface area contributed by atoms with Crippen molar-refractivity contribution < 1.29 is 9.90 Å². The molecule has 2 aromatic carbocycles. The number of aliphatic hydroxyl groups excluding tert-OH is 1. The molecule has 4 aromatic rings. The Bertz CT molecular complexity index is 1200. The SMILES string of the molecule is O=C(N[C@H]1CCCC[C@@H]1O)c1ccc2[nH]nc(-c3ccc4ccccc4n3)c2c1. The molecule has 1 saturated carbocycles. The molecule has 146 valence electrons. The zero-order chi connectivity index (χ0) is 19.8. The third-order valence-electron chi connectivity index (χ3n) is 5.71. The topological polar surface area (TPSA) is 90.9 Å². The highest BCUT2D eigenvalue weighted by Gasteiger charge is 2.25. The summed E-state index contributed by atoms with van der Waals surface area (Å²) in [5.41, 5.74) is 3.79. The van der Waals surface area contributed by atoms with E-state index in [1.54, 1.807) is 6.07 Å². The Balaban J connectivity index is 1.49. The molecule has 6 heteroatoms. The highest BCUT2D eigenvalue weighted by atomic mass is 16.3. The Kier molecular flexibility index (Phi) is 4.48. The molecule has 0 radical (unpaired) electrons. The Morgan fingerprint density at radius 2 is 1.93 bits per heavy atom. The van der Waals surface area contributed by atoms with Crippen LogP contribution in [0.5, 0.6) is 0 Å². The van der Waals surface area contributed by atoms with Gasteiger partial charge in [0.15, 0.2) is 0 Å². The fraction of sp³-hybridized carbons (Fsp3) is 0.261. The van der Waals surface area contributed by atoms with Crippen molar-refractivity contribution in [2.24, 2.45) is 0 Å². The second-order valence-electron chi connectivity index (χ2n) is 7.65. The number of para-hydroxylation sites is 1. The Morgan fingerprint density at radius 3 is 2.83 bits per heavy atom. The predicted octanol–water partition coefficient (Wildman–Crippen LogP) is 3.81. The zero-order valence-electron chi connectivity index (χ0n) is 15.9. The summed E-state index contributed by atoms with van der Waals surface area (Å²) in [5.74, 6) is -0.170. The predicted molar refractivity (Wildman–Crippen MR) is 113 cm³/mol. The number of H-pyrrole nitrogens is 1. The van der Waals surface area contributed by atoms with E-state index in [9.17, 15) is 9.90 Å². The van der Waals surface area contributed by atoms with Crippen LogP contribution in [0.3, 0.4) is 0 Å². The fourth-order valence-electron chi connectivity index (χ4n) is 4.08. The maximum absolute atomic E-state index is 12.8. The number of fused-ring (bicyclic) bond motifs is 2. The molecule has 6 nitrogen and oxygen atoms in total. The van der Waals surface area contributed by atoms with Gasteiger partial charge in [-0.3, -0.25) is 9.89 Å². The molecule has 1 aliphatic rings. The number of pyridine rings is 1. The van der Waals surface area contributed by atoms with Crippen molar-refractivity contribution in [1.82, 2.24) is 20.5 Å². The first-order chi connectivity index (χ1) is 14.2. The molecule has 29 heavy (non-hydrogen) atoms. The van der Waals surface area contributed by atoms with Crippen molar-refractivity contribution in [3.05, 3.63) is 60.2 Å². The lowest BCUT2D eigenvalue weighted by Gasteiger charge is -2.28. The Morgan fingerprint density at radius 1 is 1.07 bits per heavy atom. The molecule has 2 heterocycles. The first-order valence-electron chi connectivity index (χ1n) is 10.0. The molecular formula is C23H22N4O2. The van der Waals surface area contributed by atoms with Crippen molar-refractivity contribution in [1.29, 1.82) is 0 Å². The van der Waals surface area contributed by atoms with Crippen LogP contribution in [0.1, 0.15) is 36.0 Å². The second kappa shape index (κ2) is 7.29. The minimum absolute atomic E-state index is 0.170. The van der Waals surface area contributed by atoms with Crippen molar-refractivity contribution in [3.63, 3.8) is 0 Å². The number of amides is 1. The van der Waals surface area contributed by atoms with Gasteiger partial charge in [-0.15, -0.1) is 0 Å². The highest BCUT2D eigenvalue weighted by Crippen LogP contribution is 2.27. The minimum atomic E-state index is -0.470. The number of carbonyl (C=O) groups excluding carboxylic acids is 1. The van der Waals surface area contributed by atoms with E-state index in [-0.39, 0.29) is 11.9 Å². The molecule has 0 saturated heterocycles. The van der Waals surface area contributed by atoms with Gasteiger partial charge in [0.1, 0.15) is 5.69 Å². The van der Waals surface area contributed by atoms with E-state index in [0.29, 0.717) is 5.56 Å². The summed E-state index contributed by atoms with van der Waals surface area (Å²) in [4.78, 5) is 17.5. The van der Waals surface area contributed by atoms with E-state index in [4.69, 9.17) is 4.98 Å². The molecule has 2 atom stereocenters. The van der Waals surface area contributed by atoms with Crippen LogP contribution in [0.25, 0.3) is 33.2 Å². The van der Waals surface area contributed by atoms with Gasteiger partial charge >= 0.3 is 0 Å². The van der Waals surface area contributed by atoms with Crippen molar-refractivity contribution in [2.45, 2.75) is 37.8 Å². The summed E-state index contributed by atoms with van der Waals surface area (Å²) in [5, 5.41) is 22.5. The number of benzene rings is 2. The third-order valence-corrected chi connectivity index (χ3v) is 5.71. The van der Waals surface area contributed by atoms with Crippen LogP contribution in [0, 0.1) is 0 Å². The standard InChI is InChI=1S/C23H22N4O2/c28-21-8-4-3-7-19(21)25-23(29)15-10-11-18-16(13-15)22(27-26-18)20-12-9-14-5-1-2-6-17(14)24-20/h1-2,5-6,9-13,19,21,28H,3-4,7-8H2,(H,25,29)(H,26,27)/t19-,21-/m0/s1. The maximum atomic E-state index is 12.8.